The Hall–Kier alpha value is -1.39. The van der Waals surface area contributed by atoms with Gasteiger partial charge in [0.1, 0.15) is 0 Å². The maximum absolute atomic E-state index is 12.2. The number of aryl methyl sites for hydroxylation is 1. The van der Waals surface area contributed by atoms with Crippen LogP contribution in [-0.2, 0) is 4.79 Å². The number of aliphatic hydroxyl groups excluding tert-OH is 1. The molecule has 21 heavy (non-hydrogen) atoms. The Labute approximate surface area is 128 Å². The van der Waals surface area contributed by atoms with Crippen molar-refractivity contribution in [2.75, 3.05) is 19.7 Å². The summed E-state index contributed by atoms with van der Waals surface area (Å²) in [5, 5.41) is 12.0. The molecule has 0 radical (unpaired) electrons. The Balaban J connectivity index is 2.57. The number of carbonyl (C=O) groups is 1. The summed E-state index contributed by atoms with van der Waals surface area (Å²) in [5.74, 6) is 0.0254. The second kappa shape index (κ2) is 8.80. The standard InChI is InChI=1S/C17H28N2O2/c1-13(2)19(10-7-11-20)12-17(21)18-15(4)16-9-6-5-8-14(16)3/h5-6,8-9,13,15,20H,7,10-12H2,1-4H3,(H,18,21). The summed E-state index contributed by atoms with van der Waals surface area (Å²) < 4.78 is 0. The van der Waals surface area contributed by atoms with Gasteiger partial charge in [-0.2, -0.15) is 0 Å². The minimum absolute atomic E-state index is 0.00514. The van der Waals surface area contributed by atoms with Gasteiger partial charge in [0.05, 0.1) is 12.6 Å². The van der Waals surface area contributed by atoms with E-state index in [0.29, 0.717) is 13.0 Å². The van der Waals surface area contributed by atoms with Crippen molar-refractivity contribution in [2.45, 2.75) is 46.2 Å². The number of amides is 1. The summed E-state index contributed by atoms with van der Waals surface area (Å²) in [6, 6.07) is 8.39. The lowest BCUT2D eigenvalue weighted by molar-refractivity contribution is -0.123. The SMILES string of the molecule is Cc1ccccc1C(C)NC(=O)CN(CCCO)C(C)C. The van der Waals surface area contributed by atoms with E-state index in [9.17, 15) is 4.79 Å². The lowest BCUT2D eigenvalue weighted by atomic mass is 10.0. The second-order valence-corrected chi connectivity index (χ2v) is 5.79. The molecule has 118 valence electrons. The summed E-state index contributed by atoms with van der Waals surface area (Å²) >= 11 is 0. The van der Waals surface area contributed by atoms with Crippen LogP contribution in [0.4, 0.5) is 0 Å². The molecule has 2 N–H and O–H groups in total. The van der Waals surface area contributed by atoms with Crippen LogP contribution in [0.5, 0.6) is 0 Å². The van der Waals surface area contributed by atoms with E-state index in [0.717, 1.165) is 12.1 Å². The zero-order chi connectivity index (χ0) is 15.8. The van der Waals surface area contributed by atoms with Gasteiger partial charge < -0.3 is 10.4 Å². The van der Waals surface area contributed by atoms with Crippen LogP contribution in [0.1, 0.15) is 44.4 Å². The number of hydrogen-bond donors (Lipinski definition) is 2. The van der Waals surface area contributed by atoms with Crippen molar-refractivity contribution < 1.29 is 9.90 Å². The van der Waals surface area contributed by atoms with E-state index in [1.807, 2.05) is 25.1 Å². The van der Waals surface area contributed by atoms with Crippen LogP contribution in [-0.4, -0.2) is 41.7 Å². The average Bonchev–Trinajstić information content (AvgIpc) is 2.43. The van der Waals surface area contributed by atoms with E-state index < -0.39 is 0 Å². The Morgan fingerprint density at radius 3 is 2.52 bits per heavy atom. The number of carbonyl (C=O) groups excluding carboxylic acids is 1. The van der Waals surface area contributed by atoms with Crippen LogP contribution in [0.2, 0.25) is 0 Å². The molecule has 0 aliphatic heterocycles. The highest BCUT2D eigenvalue weighted by molar-refractivity contribution is 5.78. The molecule has 0 saturated heterocycles. The average molecular weight is 292 g/mol. The molecule has 1 atom stereocenters. The van der Waals surface area contributed by atoms with Crippen molar-refractivity contribution in [3.8, 4) is 0 Å². The molecule has 1 unspecified atom stereocenters. The van der Waals surface area contributed by atoms with Gasteiger partial charge in [-0.05, 0) is 45.2 Å². The van der Waals surface area contributed by atoms with Gasteiger partial charge in [0.25, 0.3) is 0 Å². The molecular weight excluding hydrogens is 264 g/mol. The minimum Gasteiger partial charge on any atom is -0.396 e. The Morgan fingerprint density at radius 1 is 1.29 bits per heavy atom. The van der Waals surface area contributed by atoms with Crippen molar-refractivity contribution in [3.05, 3.63) is 35.4 Å². The van der Waals surface area contributed by atoms with Gasteiger partial charge in [0, 0.05) is 19.2 Å². The first-order chi connectivity index (χ1) is 9.95. The Kier molecular flexibility index (Phi) is 7.40. The monoisotopic (exact) mass is 292 g/mol. The highest BCUT2D eigenvalue weighted by atomic mass is 16.3. The summed E-state index contributed by atoms with van der Waals surface area (Å²) in [7, 11) is 0. The molecule has 4 nitrogen and oxygen atoms in total. The number of nitrogens with one attached hydrogen (secondary N) is 1. The molecule has 0 spiro atoms. The van der Waals surface area contributed by atoms with Crippen LogP contribution in [0.3, 0.4) is 0 Å². The van der Waals surface area contributed by atoms with Gasteiger partial charge in [-0.15, -0.1) is 0 Å². The summed E-state index contributed by atoms with van der Waals surface area (Å²) in [6.07, 6.45) is 0.693. The van der Waals surface area contributed by atoms with Crippen molar-refractivity contribution >= 4 is 5.91 Å². The lowest BCUT2D eigenvalue weighted by Gasteiger charge is -2.26. The molecule has 1 amide bonds. The highest BCUT2D eigenvalue weighted by Crippen LogP contribution is 2.16. The van der Waals surface area contributed by atoms with E-state index in [4.69, 9.17) is 5.11 Å². The third-order valence-corrected chi connectivity index (χ3v) is 3.71. The molecule has 0 saturated carbocycles. The normalized spacial score (nSPS) is 12.7. The van der Waals surface area contributed by atoms with Crippen LogP contribution < -0.4 is 5.32 Å². The third kappa shape index (κ3) is 5.86. The van der Waals surface area contributed by atoms with Crippen LogP contribution in [0.15, 0.2) is 24.3 Å². The molecule has 4 heteroatoms. The first-order valence-electron chi connectivity index (χ1n) is 7.65. The van der Waals surface area contributed by atoms with Gasteiger partial charge in [-0.1, -0.05) is 24.3 Å². The molecule has 0 heterocycles. The number of aliphatic hydroxyl groups is 1. The van der Waals surface area contributed by atoms with E-state index in [2.05, 4.69) is 37.1 Å². The van der Waals surface area contributed by atoms with Gasteiger partial charge in [0.15, 0.2) is 0 Å². The van der Waals surface area contributed by atoms with Crippen molar-refractivity contribution in [3.63, 3.8) is 0 Å². The summed E-state index contributed by atoms with van der Waals surface area (Å²) in [4.78, 5) is 14.3. The van der Waals surface area contributed by atoms with Crippen LogP contribution in [0.25, 0.3) is 0 Å². The molecule has 0 aliphatic rings. The molecule has 1 rings (SSSR count). The van der Waals surface area contributed by atoms with Crippen molar-refractivity contribution in [1.29, 1.82) is 0 Å². The molecule has 0 bridgehead atoms. The number of rotatable bonds is 8. The summed E-state index contributed by atoms with van der Waals surface area (Å²) in [6.45, 7) is 9.46. The topological polar surface area (TPSA) is 52.6 Å². The van der Waals surface area contributed by atoms with Gasteiger partial charge in [0.2, 0.25) is 5.91 Å². The van der Waals surface area contributed by atoms with E-state index >= 15 is 0 Å². The molecule has 0 aromatic heterocycles. The third-order valence-electron chi connectivity index (χ3n) is 3.71. The van der Waals surface area contributed by atoms with E-state index in [-0.39, 0.29) is 24.6 Å². The zero-order valence-electron chi connectivity index (χ0n) is 13.6. The first kappa shape index (κ1) is 17.7. The predicted molar refractivity (Wildman–Crippen MR) is 86.1 cm³/mol. The molecule has 1 aromatic rings. The number of hydrogen-bond acceptors (Lipinski definition) is 3. The largest absolute Gasteiger partial charge is 0.396 e. The molecule has 0 aliphatic carbocycles. The first-order valence-corrected chi connectivity index (χ1v) is 7.65. The zero-order valence-corrected chi connectivity index (χ0v) is 13.6. The highest BCUT2D eigenvalue weighted by Gasteiger charge is 2.16. The summed E-state index contributed by atoms with van der Waals surface area (Å²) in [5.41, 5.74) is 2.34. The predicted octanol–water partition coefficient (Wildman–Crippen LogP) is 2.27. The van der Waals surface area contributed by atoms with Crippen LogP contribution in [0, 0.1) is 6.92 Å². The molecule has 0 fully saturated rings. The van der Waals surface area contributed by atoms with Gasteiger partial charge in [-0.3, -0.25) is 9.69 Å². The van der Waals surface area contributed by atoms with E-state index in [1.54, 1.807) is 0 Å². The quantitative estimate of drug-likeness (QED) is 0.773. The fourth-order valence-corrected chi connectivity index (χ4v) is 2.42. The van der Waals surface area contributed by atoms with Gasteiger partial charge >= 0.3 is 0 Å². The van der Waals surface area contributed by atoms with E-state index in [1.165, 1.54) is 5.56 Å². The Bertz CT molecular complexity index is 446. The molecule has 1 aromatic carbocycles. The number of benzene rings is 1. The number of nitrogens with zero attached hydrogens (tertiary/aromatic N) is 1. The lowest BCUT2D eigenvalue weighted by Crippen LogP contribution is -2.42. The second-order valence-electron chi connectivity index (χ2n) is 5.79. The van der Waals surface area contributed by atoms with Gasteiger partial charge in [-0.25, -0.2) is 0 Å². The maximum Gasteiger partial charge on any atom is 0.234 e. The smallest absolute Gasteiger partial charge is 0.234 e. The fourth-order valence-electron chi connectivity index (χ4n) is 2.42. The van der Waals surface area contributed by atoms with Crippen molar-refractivity contribution in [2.24, 2.45) is 0 Å². The Morgan fingerprint density at radius 2 is 1.95 bits per heavy atom. The maximum atomic E-state index is 12.2. The van der Waals surface area contributed by atoms with Crippen molar-refractivity contribution in [1.82, 2.24) is 10.2 Å². The fraction of sp³-hybridized carbons (Fsp3) is 0.588. The minimum atomic E-state index is 0.00514. The van der Waals surface area contributed by atoms with Crippen LogP contribution >= 0.6 is 0 Å². The molecular formula is C17H28N2O2.